The van der Waals surface area contributed by atoms with Crippen LogP contribution in [0.3, 0.4) is 0 Å². The molecule has 2 saturated heterocycles. The quantitative estimate of drug-likeness (QED) is 0.203. The van der Waals surface area contributed by atoms with Crippen molar-refractivity contribution in [3.8, 4) is 5.75 Å². The number of methoxy groups -OCH3 is 1. The number of amides is 2. The second-order valence-electron chi connectivity index (χ2n) is 16.8. The Labute approximate surface area is 319 Å². The fourth-order valence-corrected chi connectivity index (χ4v) is 10.0. The maximum Gasteiger partial charge on any atom is 0.253 e. The zero-order valence-electron chi connectivity index (χ0n) is 32.0. The lowest BCUT2D eigenvalue weighted by atomic mass is 9.55. The summed E-state index contributed by atoms with van der Waals surface area (Å²) in [4.78, 5) is 31.4. The molecule has 3 aromatic rings. The molecule has 7 N–H and O–H groups in total. The van der Waals surface area contributed by atoms with Gasteiger partial charge in [0.25, 0.3) is 5.91 Å². The molecule has 0 aromatic heterocycles. The average molecular weight is 739 g/mol. The van der Waals surface area contributed by atoms with Crippen LogP contribution in [-0.2, 0) is 28.2 Å². The second-order valence-corrected chi connectivity index (χ2v) is 16.8. The molecule has 6 atom stereocenters. The Balaban J connectivity index is 1.01. The summed E-state index contributed by atoms with van der Waals surface area (Å²) < 4.78 is 5.52. The van der Waals surface area contributed by atoms with Gasteiger partial charge in [0, 0.05) is 63.4 Å². The third kappa shape index (κ3) is 7.43. The summed E-state index contributed by atoms with van der Waals surface area (Å²) in [7, 11) is 1.59. The summed E-state index contributed by atoms with van der Waals surface area (Å²) in [6, 6.07) is 20.1. The Morgan fingerprint density at radius 2 is 1.37 bits per heavy atom. The summed E-state index contributed by atoms with van der Waals surface area (Å²) in [5.41, 5.74) is 18.3. The van der Waals surface area contributed by atoms with E-state index in [4.69, 9.17) is 16.2 Å². The number of phenols is 1. The first-order valence-corrected chi connectivity index (χ1v) is 19.9. The zero-order valence-corrected chi connectivity index (χ0v) is 32.0. The van der Waals surface area contributed by atoms with Crippen molar-refractivity contribution in [1.29, 1.82) is 0 Å². The molecule has 3 saturated carbocycles. The summed E-state index contributed by atoms with van der Waals surface area (Å²) >= 11 is 0. The van der Waals surface area contributed by atoms with E-state index in [9.17, 15) is 24.9 Å². The van der Waals surface area contributed by atoms with Gasteiger partial charge in [0.2, 0.25) is 5.91 Å². The maximum atomic E-state index is 14.0. The Morgan fingerprint density at radius 3 is 2.02 bits per heavy atom. The molecule has 10 nitrogen and oxygen atoms in total. The van der Waals surface area contributed by atoms with Gasteiger partial charge >= 0.3 is 0 Å². The van der Waals surface area contributed by atoms with Crippen molar-refractivity contribution in [2.75, 3.05) is 33.3 Å². The molecule has 2 heterocycles. The molecular weight excluding hydrogens is 681 g/mol. The predicted octanol–water partition coefficient (Wildman–Crippen LogP) is 5.08. The molecule has 5 aliphatic rings. The van der Waals surface area contributed by atoms with E-state index < -0.39 is 17.8 Å². The highest BCUT2D eigenvalue weighted by Gasteiger charge is 2.55. The minimum absolute atomic E-state index is 0.0173. The van der Waals surface area contributed by atoms with Crippen LogP contribution in [0.2, 0.25) is 0 Å². The van der Waals surface area contributed by atoms with E-state index in [1.54, 1.807) is 19.2 Å². The first kappa shape index (κ1) is 38.5. The Hall–Kier alpha value is -3.80. The second kappa shape index (κ2) is 15.7. The average Bonchev–Trinajstić information content (AvgIpc) is 3.21. The highest BCUT2D eigenvalue weighted by Crippen LogP contribution is 2.53. The number of carbonyl (C=O) groups excluding carboxylic acids is 2. The van der Waals surface area contributed by atoms with Crippen molar-refractivity contribution in [3.63, 3.8) is 0 Å². The number of carbonyl (C=O) groups is 2. The smallest absolute Gasteiger partial charge is 0.253 e. The third-order valence-electron chi connectivity index (χ3n) is 13.5. The van der Waals surface area contributed by atoms with E-state index in [0.29, 0.717) is 69.2 Å². The van der Waals surface area contributed by atoms with Crippen LogP contribution in [-0.4, -0.2) is 82.4 Å². The fraction of sp³-hybridized carbons (Fsp3) is 0.545. The molecule has 290 valence electrons. The summed E-state index contributed by atoms with van der Waals surface area (Å²) in [5, 5.41) is 33.3. The molecular formula is C44H58N4O6. The molecule has 3 aromatic carbocycles. The number of aliphatic hydroxyl groups is 2. The number of hydrogen-bond donors (Lipinski definition) is 5. The number of aliphatic hydroxyl groups excluding tert-OH is 2. The number of fused-ring (bicyclic) bond motifs is 3. The molecule has 2 bridgehead atoms. The van der Waals surface area contributed by atoms with Gasteiger partial charge in [0.15, 0.2) is 0 Å². The van der Waals surface area contributed by atoms with Crippen LogP contribution in [0.1, 0.15) is 114 Å². The topological polar surface area (TPSA) is 163 Å². The lowest BCUT2D eigenvalue weighted by Crippen LogP contribution is -2.58. The lowest BCUT2D eigenvalue weighted by molar-refractivity contribution is -0.167. The SMILES string of the molecule is COC(C)(C)c1ccc(C(=O)N2CCC(c3cc(CN)cc(C4CC5C(C(=O)N6CCC(c7cccc(CN)c7)CC6)CC4C(O)C5O)c3)CC2)cc1O. The fourth-order valence-electron chi connectivity index (χ4n) is 10.0. The zero-order chi connectivity index (χ0) is 38.3. The van der Waals surface area contributed by atoms with E-state index in [1.807, 2.05) is 29.7 Å². The van der Waals surface area contributed by atoms with Gasteiger partial charge in [-0.15, -0.1) is 0 Å². The van der Waals surface area contributed by atoms with Gasteiger partial charge in [0.1, 0.15) is 5.75 Å². The van der Waals surface area contributed by atoms with E-state index in [1.165, 1.54) is 17.2 Å². The van der Waals surface area contributed by atoms with E-state index in [-0.39, 0.29) is 47.2 Å². The van der Waals surface area contributed by atoms with Gasteiger partial charge in [-0.2, -0.15) is 0 Å². The number of hydrogen-bond acceptors (Lipinski definition) is 8. The maximum absolute atomic E-state index is 14.0. The molecule has 0 radical (unpaired) electrons. The molecule has 5 fully saturated rings. The largest absolute Gasteiger partial charge is 0.508 e. The van der Waals surface area contributed by atoms with Crippen molar-refractivity contribution in [1.82, 2.24) is 9.80 Å². The molecule has 2 amide bonds. The van der Waals surface area contributed by atoms with Crippen LogP contribution in [0.25, 0.3) is 0 Å². The highest BCUT2D eigenvalue weighted by molar-refractivity contribution is 5.95. The number of phenolic OH excluding ortho intramolecular Hbond substituents is 1. The minimum Gasteiger partial charge on any atom is -0.508 e. The van der Waals surface area contributed by atoms with Crippen LogP contribution >= 0.6 is 0 Å². The normalized spacial score (nSPS) is 26.6. The number of piperidine rings is 2. The van der Waals surface area contributed by atoms with Crippen molar-refractivity contribution in [3.05, 3.63) is 99.6 Å². The molecule has 8 rings (SSSR count). The summed E-state index contributed by atoms with van der Waals surface area (Å²) in [6.07, 6.45) is 2.80. The van der Waals surface area contributed by atoms with E-state index >= 15 is 0 Å². The highest BCUT2D eigenvalue weighted by atomic mass is 16.5. The molecule has 2 aliphatic heterocycles. The monoisotopic (exact) mass is 738 g/mol. The molecule has 6 unspecified atom stereocenters. The van der Waals surface area contributed by atoms with Gasteiger partial charge in [-0.1, -0.05) is 48.5 Å². The van der Waals surface area contributed by atoms with Gasteiger partial charge in [-0.25, -0.2) is 0 Å². The van der Waals surface area contributed by atoms with Gasteiger partial charge < -0.3 is 41.3 Å². The first-order chi connectivity index (χ1) is 25.9. The first-order valence-electron chi connectivity index (χ1n) is 19.9. The van der Waals surface area contributed by atoms with Crippen molar-refractivity contribution in [2.45, 2.75) is 101 Å². The van der Waals surface area contributed by atoms with Crippen LogP contribution < -0.4 is 11.5 Å². The molecule has 54 heavy (non-hydrogen) atoms. The van der Waals surface area contributed by atoms with E-state index in [2.05, 4.69) is 36.4 Å². The van der Waals surface area contributed by atoms with Crippen molar-refractivity contribution in [2.24, 2.45) is 29.2 Å². The minimum atomic E-state index is -0.922. The van der Waals surface area contributed by atoms with Crippen LogP contribution in [0.15, 0.2) is 60.7 Å². The number of rotatable bonds is 9. The summed E-state index contributed by atoms with van der Waals surface area (Å²) in [5.74, 6) is -0.118. The Morgan fingerprint density at radius 1 is 0.759 bits per heavy atom. The number of aromatic hydroxyl groups is 1. The number of nitrogens with two attached hydrogens (primary N) is 2. The Kier molecular flexibility index (Phi) is 11.2. The van der Waals surface area contributed by atoms with Crippen molar-refractivity contribution >= 4 is 11.8 Å². The van der Waals surface area contributed by atoms with E-state index in [0.717, 1.165) is 42.4 Å². The number of benzene rings is 3. The molecule has 10 heteroatoms. The van der Waals surface area contributed by atoms with Crippen molar-refractivity contribution < 1.29 is 29.6 Å². The molecule has 3 aliphatic carbocycles. The Bertz CT molecular complexity index is 1830. The van der Waals surface area contributed by atoms with Gasteiger partial charge in [-0.3, -0.25) is 9.59 Å². The van der Waals surface area contributed by atoms with Gasteiger partial charge in [-0.05, 0) is 122 Å². The lowest BCUT2D eigenvalue weighted by Gasteiger charge is -2.53. The molecule has 0 spiro atoms. The summed E-state index contributed by atoms with van der Waals surface area (Å²) in [6.45, 7) is 7.23. The van der Waals surface area contributed by atoms with Crippen LogP contribution in [0, 0.1) is 17.8 Å². The number of nitrogens with zero attached hydrogens (tertiary/aromatic N) is 2. The standard InChI is InChI=1S/C44H58N4O6/c1-44(2,54-3)38-8-7-31(21-39(38)49)42(52)47-13-11-29(12-14-47)32-18-27(25-46)19-33(20-32)34-22-36-37(23-35(34)40(50)41(36)51)43(53)48-15-9-28(10-16-48)30-6-4-5-26(17-30)24-45/h4-8,17-21,28-29,34-37,40-41,49-51H,9-16,22-25,45-46H2,1-3H3. The predicted molar refractivity (Wildman–Crippen MR) is 208 cm³/mol. The number of likely N-dealkylation sites (tertiary alicyclic amines) is 2. The van der Waals surface area contributed by atoms with Crippen LogP contribution in [0.4, 0.5) is 0 Å². The van der Waals surface area contributed by atoms with Crippen LogP contribution in [0.5, 0.6) is 5.75 Å². The third-order valence-corrected chi connectivity index (χ3v) is 13.5. The van der Waals surface area contributed by atoms with Gasteiger partial charge in [0.05, 0.1) is 17.8 Å². The number of ether oxygens (including phenoxy) is 1.